The molecule has 0 aromatic heterocycles. The Hall–Kier alpha value is -2.27. The Bertz CT molecular complexity index is 621. The highest BCUT2D eigenvalue weighted by atomic mass is 14.9. The van der Waals surface area contributed by atoms with Crippen LogP contribution in [0, 0.1) is 11.3 Å². The first kappa shape index (κ1) is 18.1. The molecule has 0 saturated heterocycles. The Kier molecular flexibility index (Phi) is 7.90. The van der Waals surface area contributed by atoms with Gasteiger partial charge in [0.15, 0.2) is 0 Å². The molecule has 0 spiro atoms. The third-order valence-electron chi connectivity index (χ3n) is 4.35. The number of aryl methyl sites for hydroxylation is 1. The number of nitrogens with one attached hydrogen (secondary N) is 1. The molecule has 0 bridgehead atoms. The van der Waals surface area contributed by atoms with Gasteiger partial charge in [-0.1, -0.05) is 63.3 Å². The van der Waals surface area contributed by atoms with Crippen LogP contribution in [0.2, 0.25) is 0 Å². The van der Waals surface area contributed by atoms with E-state index >= 15 is 0 Å². The van der Waals surface area contributed by atoms with Gasteiger partial charge in [0.1, 0.15) is 0 Å². The Morgan fingerprint density at radius 2 is 1.42 bits per heavy atom. The normalized spacial score (nSPS) is 10.3. The van der Waals surface area contributed by atoms with Gasteiger partial charge in [0, 0.05) is 12.2 Å². The molecule has 0 unspecified atom stereocenters. The summed E-state index contributed by atoms with van der Waals surface area (Å²) in [5, 5.41) is 12.2. The van der Waals surface area contributed by atoms with E-state index in [4.69, 9.17) is 5.26 Å². The molecule has 0 amide bonds. The van der Waals surface area contributed by atoms with Crippen molar-refractivity contribution in [3.63, 3.8) is 0 Å². The topological polar surface area (TPSA) is 35.8 Å². The third-order valence-corrected chi connectivity index (χ3v) is 4.35. The third kappa shape index (κ3) is 6.46. The van der Waals surface area contributed by atoms with Gasteiger partial charge >= 0.3 is 0 Å². The molecule has 24 heavy (non-hydrogen) atoms. The zero-order valence-electron chi connectivity index (χ0n) is 14.7. The van der Waals surface area contributed by atoms with Crippen LogP contribution >= 0.6 is 0 Å². The van der Waals surface area contributed by atoms with E-state index in [0.29, 0.717) is 5.56 Å². The second-order valence-electron chi connectivity index (χ2n) is 6.38. The van der Waals surface area contributed by atoms with Crippen LogP contribution in [0.15, 0.2) is 48.5 Å². The van der Waals surface area contributed by atoms with Crippen molar-refractivity contribution >= 4 is 5.69 Å². The molecule has 0 radical (unpaired) electrons. The molecule has 2 nitrogen and oxygen atoms in total. The number of rotatable bonds is 10. The van der Waals surface area contributed by atoms with E-state index in [-0.39, 0.29) is 0 Å². The Balaban J connectivity index is 1.70. The molecule has 0 saturated carbocycles. The van der Waals surface area contributed by atoms with Crippen molar-refractivity contribution in [2.45, 2.75) is 58.4 Å². The van der Waals surface area contributed by atoms with Crippen molar-refractivity contribution in [3.05, 3.63) is 65.2 Å². The number of nitriles is 1. The number of nitrogens with zero attached hydrogens (tertiary/aromatic N) is 1. The Labute approximate surface area is 146 Å². The monoisotopic (exact) mass is 320 g/mol. The lowest BCUT2D eigenvalue weighted by molar-refractivity contribution is 0.607. The molecule has 2 aromatic rings. The lowest BCUT2D eigenvalue weighted by atomic mass is 10.0. The molecule has 0 fully saturated rings. The fourth-order valence-electron chi connectivity index (χ4n) is 2.80. The molecule has 0 aliphatic rings. The number of unbranched alkanes of at least 4 members (excludes halogenated alkanes) is 5. The Morgan fingerprint density at radius 1 is 0.792 bits per heavy atom. The second kappa shape index (κ2) is 10.5. The minimum absolute atomic E-state index is 0.706. The first-order valence-corrected chi connectivity index (χ1v) is 9.13. The summed E-state index contributed by atoms with van der Waals surface area (Å²) in [5.74, 6) is 0. The average molecular weight is 320 g/mol. The van der Waals surface area contributed by atoms with Gasteiger partial charge in [0.05, 0.1) is 11.6 Å². The first-order chi connectivity index (χ1) is 11.8. The molecule has 0 aliphatic heterocycles. The van der Waals surface area contributed by atoms with Crippen LogP contribution in [-0.2, 0) is 13.0 Å². The van der Waals surface area contributed by atoms with Gasteiger partial charge in [-0.2, -0.15) is 5.26 Å². The van der Waals surface area contributed by atoms with Gasteiger partial charge in [-0.25, -0.2) is 0 Å². The zero-order chi connectivity index (χ0) is 17.0. The fraction of sp³-hybridized carbons (Fsp3) is 0.409. The molecular weight excluding hydrogens is 292 g/mol. The highest BCUT2D eigenvalue weighted by Gasteiger charge is 1.98. The summed E-state index contributed by atoms with van der Waals surface area (Å²) in [4.78, 5) is 0. The van der Waals surface area contributed by atoms with Crippen molar-refractivity contribution in [1.82, 2.24) is 0 Å². The maximum Gasteiger partial charge on any atom is 0.0991 e. The van der Waals surface area contributed by atoms with Gasteiger partial charge in [-0.3, -0.25) is 0 Å². The Morgan fingerprint density at radius 3 is 2.08 bits per heavy atom. The van der Waals surface area contributed by atoms with Gasteiger partial charge in [0.2, 0.25) is 0 Å². The number of anilines is 1. The van der Waals surface area contributed by atoms with Crippen LogP contribution in [0.5, 0.6) is 0 Å². The second-order valence-corrected chi connectivity index (χ2v) is 6.38. The molecule has 2 aromatic carbocycles. The van der Waals surface area contributed by atoms with Crippen LogP contribution < -0.4 is 5.32 Å². The molecule has 0 aliphatic carbocycles. The van der Waals surface area contributed by atoms with Crippen molar-refractivity contribution in [2.24, 2.45) is 0 Å². The quantitative estimate of drug-likeness (QED) is 0.539. The predicted molar refractivity (Wildman–Crippen MR) is 102 cm³/mol. The van der Waals surface area contributed by atoms with Gasteiger partial charge in [-0.15, -0.1) is 0 Å². The van der Waals surface area contributed by atoms with E-state index in [9.17, 15) is 0 Å². The summed E-state index contributed by atoms with van der Waals surface area (Å²) in [6, 6.07) is 18.6. The molecule has 2 heteroatoms. The minimum Gasteiger partial charge on any atom is -0.381 e. The van der Waals surface area contributed by atoms with E-state index < -0.39 is 0 Å². The molecule has 1 N–H and O–H groups in total. The summed E-state index contributed by atoms with van der Waals surface area (Å²) in [7, 11) is 0. The van der Waals surface area contributed by atoms with Crippen LogP contribution in [0.1, 0.15) is 62.1 Å². The lowest BCUT2D eigenvalue weighted by Crippen LogP contribution is -1.99. The maximum atomic E-state index is 8.81. The van der Waals surface area contributed by atoms with Crippen LogP contribution in [0.25, 0.3) is 0 Å². The van der Waals surface area contributed by atoms with Crippen LogP contribution in [-0.4, -0.2) is 0 Å². The van der Waals surface area contributed by atoms with E-state index in [1.807, 2.05) is 24.3 Å². The summed E-state index contributed by atoms with van der Waals surface area (Å²) < 4.78 is 0. The smallest absolute Gasteiger partial charge is 0.0991 e. The largest absolute Gasteiger partial charge is 0.381 e. The van der Waals surface area contributed by atoms with Crippen molar-refractivity contribution in [1.29, 1.82) is 5.26 Å². The van der Waals surface area contributed by atoms with Crippen LogP contribution in [0.4, 0.5) is 5.69 Å². The summed E-state index contributed by atoms with van der Waals surface area (Å²) in [6.07, 6.45) is 9.27. The summed E-state index contributed by atoms with van der Waals surface area (Å²) in [6.45, 7) is 3.04. The van der Waals surface area contributed by atoms with E-state index in [1.54, 1.807) is 0 Å². The molecule has 126 valence electrons. The van der Waals surface area contributed by atoms with E-state index in [2.05, 4.69) is 42.6 Å². The number of benzene rings is 2. The summed E-state index contributed by atoms with van der Waals surface area (Å²) in [5.41, 5.74) is 4.46. The van der Waals surface area contributed by atoms with E-state index in [0.717, 1.165) is 12.2 Å². The SMILES string of the molecule is CCCCCCCCc1ccc(NCc2ccc(C#N)cc2)cc1. The molecule has 0 atom stereocenters. The van der Waals surface area contributed by atoms with E-state index in [1.165, 1.54) is 56.1 Å². The highest BCUT2D eigenvalue weighted by Crippen LogP contribution is 2.14. The first-order valence-electron chi connectivity index (χ1n) is 9.13. The van der Waals surface area contributed by atoms with Gasteiger partial charge < -0.3 is 5.32 Å². The minimum atomic E-state index is 0.706. The van der Waals surface area contributed by atoms with Crippen LogP contribution in [0.3, 0.4) is 0 Å². The van der Waals surface area contributed by atoms with Gasteiger partial charge in [-0.05, 0) is 48.2 Å². The number of hydrogen-bond donors (Lipinski definition) is 1. The predicted octanol–water partition coefficient (Wildman–Crippen LogP) is 6.07. The van der Waals surface area contributed by atoms with Crippen molar-refractivity contribution in [2.75, 3.05) is 5.32 Å². The molecular formula is C22H28N2. The molecule has 2 rings (SSSR count). The summed E-state index contributed by atoms with van der Waals surface area (Å²) >= 11 is 0. The highest BCUT2D eigenvalue weighted by molar-refractivity contribution is 5.45. The van der Waals surface area contributed by atoms with Gasteiger partial charge in [0.25, 0.3) is 0 Å². The standard InChI is InChI=1S/C22H28N2/c1-2-3-4-5-6-7-8-19-13-15-22(16-14-19)24-18-21-11-9-20(17-23)10-12-21/h9-16,24H,2-8,18H2,1H3. The average Bonchev–Trinajstić information content (AvgIpc) is 2.64. The number of hydrogen-bond acceptors (Lipinski definition) is 2. The van der Waals surface area contributed by atoms with Crippen molar-refractivity contribution < 1.29 is 0 Å². The fourth-order valence-corrected chi connectivity index (χ4v) is 2.80. The maximum absolute atomic E-state index is 8.81. The lowest BCUT2D eigenvalue weighted by Gasteiger charge is -2.08. The molecule has 0 heterocycles. The zero-order valence-corrected chi connectivity index (χ0v) is 14.7. The van der Waals surface area contributed by atoms with Crippen molar-refractivity contribution in [3.8, 4) is 6.07 Å².